The Balaban J connectivity index is 1.75. The molecule has 8 heteroatoms. The van der Waals surface area contributed by atoms with Gasteiger partial charge in [-0.1, -0.05) is 0 Å². The van der Waals surface area contributed by atoms with Crippen LogP contribution in [-0.4, -0.2) is 61.1 Å². The Hall–Kier alpha value is -1.31. The number of amides is 2. The predicted molar refractivity (Wildman–Crippen MR) is 62.9 cm³/mol. The lowest BCUT2D eigenvalue weighted by Crippen LogP contribution is -2.58. The molecule has 0 aliphatic carbocycles. The van der Waals surface area contributed by atoms with Gasteiger partial charge in [-0.25, -0.2) is 13.2 Å². The van der Waals surface area contributed by atoms with Crippen molar-refractivity contribution >= 4 is 21.8 Å². The van der Waals surface area contributed by atoms with E-state index in [1.165, 1.54) is 4.90 Å². The number of nitrogens with zero attached hydrogens (tertiary/aromatic N) is 1. The van der Waals surface area contributed by atoms with Gasteiger partial charge in [0.25, 0.3) is 0 Å². The Morgan fingerprint density at radius 2 is 1.72 bits per heavy atom. The van der Waals surface area contributed by atoms with Gasteiger partial charge in [0.2, 0.25) is 0 Å². The van der Waals surface area contributed by atoms with E-state index in [0.717, 1.165) is 0 Å². The molecule has 2 fully saturated rings. The van der Waals surface area contributed by atoms with Gasteiger partial charge >= 0.3 is 12.0 Å². The van der Waals surface area contributed by atoms with E-state index in [2.05, 4.69) is 5.32 Å². The van der Waals surface area contributed by atoms with Crippen LogP contribution < -0.4 is 5.32 Å². The normalized spacial score (nSPS) is 24.3. The summed E-state index contributed by atoms with van der Waals surface area (Å²) < 4.78 is 22.4. The van der Waals surface area contributed by atoms with E-state index in [1.807, 2.05) is 0 Å². The molecule has 18 heavy (non-hydrogen) atoms. The maximum absolute atomic E-state index is 11.7. The first-order valence-electron chi connectivity index (χ1n) is 5.86. The van der Waals surface area contributed by atoms with Crippen LogP contribution in [0.5, 0.6) is 0 Å². The molecule has 0 unspecified atom stereocenters. The molecule has 0 aromatic carbocycles. The third-order valence-corrected chi connectivity index (χ3v) is 5.12. The monoisotopic (exact) mass is 276 g/mol. The third-order valence-electron chi connectivity index (χ3n) is 3.40. The van der Waals surface area contributed by atoms with Crippen molar-refractivity contribution in [2.75, 3.05) is 24.6 Å². The molecule has 2 rings (SSSR count). The Bertz CT molecular complexity index is 441. The van der Waals surface area contributed by atoms with Gasteiger partial charge in [0.1, 0.15) is 9.84 Å². The van der Waals surface area contributed by atoms with E-state index in [4.69, 9.17) is 5.11 Å². The van der Waals surface area contributed by atoms with Crippen molar-refractivity contribution < 1.29 is 23.1 Å². The Kier molecular flexibility index (Phi) is 3.47. The molecule has 2 N–H and O–H groups in total. The van der Waals surface area contributed by atoms with Gasteiger partial charge in [-0.3, -0.25) is 4.79 Å². The van der Waals surface area contributed by atoms with Crippen molar-refractivity contribution in [3.05, 3.63) is 0 Å². The number of carbonyl (C=O) groups is 2. The summed E-state index contributed by atoms with van der Waals surface area (Å²) >= 11 is 0. The highest BCUT2D eigenvalue weighted by molar-refractivity contribution is 7.91. The van der Waals surface area contributed by atoms with Crippen LogP contribution in [0.4, 0.5) is 4.79 Å². The predicted octanol–water partition coefficient (Wildman–Crippen LogP) is -0.710. The standard InChI is InChI=1S/C10H16N2O5S/c13-9(14)7-5-12(6-7)10(15)11-8-1-3-18(16,17)4-2-8/h7-8H,1-6H2,(H,11,15)(H,13,14). The SMILES string of the molecule is O=C(O)C1CN(C(=O)NC2CCS(=O)(=O)CC2)C1. The fraction of sp³-hybridized carbons (Fsp3) is 0.800. The first-order chi connectivity index (χ1) is 8.37. The van der Waals surface area contributed by atoms with Crippen LogP contribution in [0.2, 0.25) is 0 Å². The Labute approximate surface area is 105 Å². The van der Waals surface area contributed by atoms with Gasteiger partial charge < -0.3 is 15.3 Å². The number of likely N-dealkylation sites (tertiary alicyclic amines) is 1. The van der Waals surface area contributed by atoms with Crippen molar-refractivity contribution in [2.45, 2.75) is 18.9 Å². The second kappa shape index (κ2) is 4.75. The number of carbonyl (C=O) groups excluding carboxylic acids is 1. The van der Waals surface area contributed by atoms with Crippen LogP contribution in [0.25, 0.3) is 0 Å². The summed E-state index contributed by atoms with van der Waals surface area (Å²) in [7, 11) is -2.93. The van der Waals surface area contributed by atoms with Gasteiger partial charge in [0, 0.05) is 19.1 Å². The lowest BCUT2D eigenvalue weighted by molar-refractivity contribution is -0.146. The van der Waals surface area contributed by atoms with Crippen molar-refractivity contribution in [2.24, 2.45) is 5.92 Å². The summed E-state index contributed by atoms with van der Waals surface area (Å²) in [5.74, 6) is -1.14. The molecule has 2 saturated heterocycles. The van der Waals surface area contributed by atoms with Gasteiger partial charge in [-0.2, -0.15) is 0 Å². The summed E-state index contributed by atoms with van der Waals surface area (Å²) in [6, 6.07) is -0.415. The number of hydrogen-bond donors (Lipinski definition) is 2. The number of aliphatic carboxylic acids is 1. The molecule has 0 atom stereocenters. The number of hydrogen-bond acceptors (Lipinski definition) is 4. The van der Waals surface area contributed by atoms with E-state index in [-0.39, 0.29) is 36.7 Å². The lowest BCUT2D eigenvalue weighted by atomic mass is 10.0. The molecule has 0 bridgehead atoms. The highest BCUT2D eigenvalue weighted by Gasteiger charge is 2.36. The largest absolute Gasteiger partial charge is 0.481 e. The Morgan fingerprint density at radius 3 is 2.22 bits per heavy atom. The van der Waals surface area contributed by atoms with E-state index >= 15 is 0 Å². The quantitative estimate of drug-likeness (QED) is 0.693. The molecule has 0 saturated carbocycles. The molecule has 102 valence electrons. The van der Waals surface area contributed by atoms with Gasteiger partial charge in [0.05, 0.1) is 17.4 Å². The molecule has 2 heterocycles. The second-order valence-corrected chi connectivity index (χ2v) is 7.12. The van der Waals surface area contributed by atoms with Crippen molar-refractivity contribution in [3.8, 4) is 0 Å². The first-order valence-corrected chi connectivity index (χ1v) is 7.68. The topological polar surface area (TPSA) is 104 Å². The molecule has 2 amide bonds. The fourth-order valence-corrected chi connectivity index (χ4v) is 3.59. The maximum atomic E-state index is 11.7. The van der Waals surface area contributed by atoms with E-state index in [9.17, 15) is 18.0 Å². The highest BCUT2D eigenvalue weighted by Crippen LogP contribution is 2.17. The zero-order valence-electron chi connectivity index (χ0n) is 9.83. The molecule has 0 aromatic rings. The van der Waals surface area contributed by atoms with Gasteiger partial charge in [-0.05, 0) is 12.8 Å². The van der Waals surface area contributed by atoms with E-state index < -0.39 is 21.7 Å². The number of urea groups is 1. The number of carboxylic acid groups (broad SMARTS) is 1. The molecule has 2 aliphatic rings. The summed E-state index contributed by atoms with van der Waals surface area (Å²) in [5, 5.41) is 11.4. The van der Waals surface area contributed by atoms with E-state index in [0.29, 0.717) is 12.8 Å². The first kappa shape index (κ1) is 13.1. The smallest absolute Gasteiger partial charge is 0.317 e. The van der Waals surface area contributed by atoms with E-state index in [1.54, 1.807) is 0 Å². The fourth-order valence-electron chi connectivity index (χ4n) is 2.10. The van der Waals surface area contributed by atoms with Crippen LogP contribution in [0.15, 0.2) is 0 Å². The van der Waals surface area contributed by atoms with Crippen molar-refractivity contribution in [1.82, 2.24) is 10.2 Å². The van der Waals surface area contributed by atoms with Gasteiger partial charge in [-0.15, -0.1) is 0 Å². The molecule has 0 aromatic heterocycles. The average Bonchev–Trinajstić information content (AvgIpc) is 2.18. The van der Waals surface area contributed by atoms with Crippen LogP contribution in [0.1, 0.15) is 12.8 Å². The van der Waals surface area contributed by atoms with Crippen molar-refractivity contribution in [3.63, 3.8) is 0 Å². The minimum Gasteiger partial charge on any atom is -0.481 e. The molecular formula is C10H16N2O5S. The number of nitrogens with one attached hydrogen (secondary N) is 1. The summed E-state index contributed by atoms with van der Waals surface area (Å²) in [6.07, 6.45) is 0.870. The summed E-state index contributed by atoms with van der Waals surface area (Å²) in [4.78, 5) is 23.7. The second-order valence-electron chi connectivity index (χ2n) is 4.82. The van der Waals surface area contributed by atoms with Crippen LogP contribution in [0.3, 0.4) is 0 Å². The van der Waals surface area contributed by atoms with Crippen LogP contribution >= 0.6 is 0 Å². The molecule has 7 nitrogen and oxygen atoms in total. The summed E-state index contributed by atoms with van der Waals surface area (Å²) in [5.41, 5.74) is 0. The Morgan fingerprint density at radius 1 is 1.17 bits per heavy atom. The average molecular weight is 276 g/mol. The minimum atomic E-state index is -2.93. The number of carboxylic acids is 1. The van der Waals surface area contributed by atoms with Crippen LogP contribution in [0, 0.1) is 5.92 Å². The molecule has 0 spiro atoms. The number of rotatable bonds is 2. The third kappa shape index (κ3) is 2.92. The zero-order valence-corrected chi connectivity index (χ0v) is 10.6. The summed E-state index contributed by atoms with van der Waals surface area (Å²) in [6.45, 7) is 0.457. The molecule has 2 aliphatic heterocycles. The van der Waals surface area contributed by atoms with Gasteiger partial charge in [0.15, 0.2) is 0 Å². The molecule has 0 radical (unpaired) electrons. The highest BCUT2D eigenvalue weighted by atomic mass is 32.2. The number of sulfone groups is 1. The lowest BCUT2D eigenvalue weighted by Gasteiger charge is -2.37. The zero-order chi connectivity index (χ0) is 13.3. The van der Waals surface area contributed by atoms with Crippen molar-refractivity contribution in [1.29, 1.82) is 0 Å². The molecular weight excluding hydrogens is 260 g/mol. The minimum absolute atomic E-state index is 0.107. The maximum Gasteiger partial charge on any atom is 0.317 e. The van der Waals surface area contributed by atoms with Crippen LogP contribution in [-0.2, 0) is 14.6 Å².